The quantitative estimate of drug-likeness (QED) is 0.431. The van der Waals surface area contributed by atoms with Gasteiger partial charge in [-0.25, -0.2) is 4.99 Å². The Hall–Kier alpha value is -1.27. The Morgan fingerprint density at radius 2 is 2.27 bits per heavy atom. The highest BCUT2D eigenvalue weighted by molar-refractivity contribution is 8.13. The number of aliphatic imine (C=N–C) groups is 2. The van der Waals surface area contributed by atoms with E-state index in [1.807, 2.05) is 31.4 Å². The van der Waals surface area contributed by atoms with Gasteiger partial charge >= 0.3 is 0 Å². The molecule has 138 valence electrons. The molecule has 3 rings (SSSR count). The van der Waals surface area contributed by atoms with Gasteiger partial charge in [-0.3, -0.25) is 4.99 Å². The van der Waals surface area contributed by atoms with Crippen LogP contribution in [0.5, 0.6) is 0 Å². The van der Waals surface area contributed by atoms with Crippen molar-refractivity contribution in [3.8, 4) is 0 Å². The number of nitrogens with two attached hydrogens (primary N) is 1. The number of rotatable bonds is 4. The van der Waals surface area contributed by atoms with Crippen molar-refractivity contribution >= 4 is 46.5 Å². The topological polar surface area (TPSA) is 63.3 Å². The number of amidine groups is 1. The van der Waals surface area contributed by atoms with Gasteiger partial charge in [-0.05, 0) is 37.7 Å². The molecule has 4 nitrogen and oxygen atoms in total. The van der Waals surface area contributed by atoms with Crippen molar-refractivity contribution in [2.45, 2.75) is 31.5 Å². The minimum absolute atomic E-state index is 0.184. The summed E-state index contributed by atoms with van der Waals surface area (Å²) in [6, 6.07) is 6.00. The van der Waals surface area contributed by atoms with Gasteiger partial charge in [0.15, 0.2) is 5.17 Å². The summed E-state index contributed by atoms with van der Waals surface area (Å²) in [5.41, 5.74) is 7.83. The van der Waals surface area contributed by atoms with Gasteiger partial charge in [0.05, 0.1) is 12.9 Å². The zero-order valence-corrected chi connectivity index (χ0v) is 17.0. The number of aryl methyl sites for hydroxylation is 1. The first-order valence-electron chi connectivity index (χ1n) is 8.34. The van der Waals surface area contributed by atoms with Crippen molar-refractivity contribution in [3.05, 3.63) is 57.1 Å². The number of nitrogens with zero attached hydrogens (tertiary/aromatic N) is 2. The SMILES string of the molecule is CSC(=NC[C@]1(C2=C(Cl)CCC=C2)O[C@@H]1c1ccc(C)cc1Cl)/N=C\N. The van der Waals surface area contributed by atoms with Crippen LogP contribution in [-0.4, -0.2) is 29.9 Å². The van der Waals surface area contributed by atoms with Crippen LogP contribution in [0.4, 0.5) is 0 Å². The molecule has 26 heavy (non-hydrogen) atoms. The highest BCUT2D eigenvalue weighted by atomic mass is 35.5. The Bertz CT molecular complexity index is 819. The van der Waals surface area contributed by atoms with Crippen molar-refractivity contribution in [1.29, 1.82) is 0 Å². The summed E-state index contributed by atoms with van der Waals surface area (Å²) in [4.78, 5) is 8.69. The van der Waals surface area contributed by atoms with Crippen molar-refractivity contribution < 1.29 is 4.74 Å². The van der Waals surface area contributed by atoms with Crippen LogP contribution in [0.1, 0.15) is 30.1 Å². The number of epoxide rings is 1. The molecular formula is C19H21Cl2N3OS. The third-order valence-electron chi connectivity index (χ3n) is 4.51. The van der Waals surface area contributed by atoms with Crippen LogP contribution < -0.4 is 5.73 Å². The zero-order valence-electron chi connectivity index (χ0n) is 14.7. The van der Waals surface area contributed by atoms with Crippen LogP contribution in [0.2, 0.25) is 5.02 Å². The Labute approximate surface area is 168 Å². The normalized spacial score (nSPS) is 26.0. The van der Waals surface area contributed by atoms with Gasteiger partial charge < -0.3 is 10.5 Å². The molecule has 0 aromatic heterocycles. The second-order valence-electron chi connectivity index (χ2n) is 6.25. The van der Waals surface area contributed by atoms with Gasteiger partial charge in [0.1, 0.15) is 11.7 Å². The van der Waals surface area contributed by atoms with Crippen molar-refractivity contribution in [1.82, 2.24) is 0 Å². The van der Waals surface area contributed by atoms with Gasteiger partial charge in [-0.15, -0.1) is 0 Å². The molecule has 0 saturated carbocycles. The van der Waals surface area contributed by atoms with E-state index >= 15 is 0 Å². The average Bonchev–Trinajstić information content (AvgIpc) is 3.34. The van der Waals surface area contributed by atoms with E-state index in [9.17, 15) is 0 Å². The van der Waals surface area contributed by atoms with Crippen LogP contribution in [0.3, 0.4) is 0 Å². The fraction of sp³-hybridized carbons (Fsp3) is 0.368. The van der Waals surface area contributed by atoms with E-state index in [0.29, 0.717) is 16.7 Å². The third kappa shape index (κ3) is 3.86. The maximum atomic E-state index is 6.55. The van der Waals surface area contributed by atoms with Crippen LogP contribution in [0.25, 0.3) is 0 Å². The molecule has 2 aliphatic rings. The zero-order chi connectivity index (χ0) is 18.7. The molecule has 0 spiro atoms. The molecule has 0 bridgehead atoms. The molecular weight excluding hydrogens is 389 g/mol. The number of benzene rings is 1. The Kier molecular flexibility index (Phi) is 6.13. The minimum atomic E-state index is -0.613. The Morgan fingerprint density at radius 3 is 2.92 bits per heavy atom. The number of ether oxygens (including phenoxy) is 1. The maximum absolute atomic E-state index is 6.55. The standard InChI is InChI=1S/C19H21Cl2N3OS/c1-12-7-8-13(16(21)9-12)17-19(25-17,10-23-18(26-2)24-11-22)14-5-3-4-6-15(14)20/h3,5,7-9,11,17H,4,6,10H2,1-2H3,(H2,22,23,24)/t17-,19-/m1/s1. The molecule has 1 aromatic carbocycles. The Balaban J connectivity index is 1.98. The lowest BCUT2D eigenvalue weighted by atomic mass is 9.88. The first-order valence-corrected chi connectivity index (χ1v) is 10.3. The molecule has 1 saturated heterocycles. The molecule has 1 heterocycles. The average molecular weight is 410 g/mol. The van der Waals surface area contributed by atoms with E-state index in [2.05, 4.69) is 22.1 Å². The fourth-order valence-corrected chi connectivity index (χ4v) is 4.19. The van der Waals surface area contributed by atoms with E-state index in [4.69, 9.17) is 33.7 Å². The lowest BCUT2D eigenvalue weighted by Crippen LogP contribution is -2.22. The molecule has 7 heteroatoms. The summed E-state index contributed by atoms with van der Waals surface area (Å²) in [5, 5.41) is 2.12. The molecule has 2 N–H and O–H groups in total. The second-order valence-corrected chi connectivity index (χ2v) is 7.89. The van der Waals surface area contributed by atoms with Gasteiger partial charge in [0.2, 0.25) is 0 Å². The van der Waals surface area contributed by atoms with Crippen molar-refractivity contribution in [2.75, 3.05) is 12.8 Å². The van der Waals surface area contributed by atoms with E-state index in [1.165, 1.54) is 18.1 Å². The molecule has 0 amide bonds. The fourth-order valence-electron chi connectivity index (χ4n) is 3.16. The Morgan fingerprint density at radius 1 is 1.46 bits per heavy atom. The van der Waals surface area contributed by atoms with Crippen molar-refractivity contribution in [2.24, 2.45) is 15.7 Å². The maximum Gasteiger partial charge on any atom is 0.184 e. The molecule has 0 unspecified atom stereocenters. The van der Waals surface area contributed by atoms with E-state index in [1.54, 1.807) is 0 Å². The molecule has 2 atom stereocenters. The molecule has 0 radical (unpaired) electrons. The summed E-state index contributed by atoms with van der Waals surface area (Å²) in [6.45, 7) is 2.42. The number of halogens is 2. The minimum Gasteiger partial charge on any atom is -0.390 e. The first-order chi connectivity index (χ1) is 12.5. The largest absolute Gasteiger partial charge is 0.390 e. The van der Waals surface area contributed by atoms with Gasteiger partial charge in [0.25, 0.3) is 0 Å². The van der Waals surface area contributed by atoms with Gasteiger partial charge in [0, 0.05) is 21.2 Å². The highest BCUT2D eigenvalue weighted by Crippen LogP contribution is 2.58. The smallest absolute Gasteiger partial charge is 0.184 e. The van der Waals surface area contributed by atoms with Gasteiger partial charge in [-0.2, -0.15) is 0 Å². The first kappa shape index (κ1) is 19.5. The predicted molar refractivity (Wildman–Crippen MR) is 112 cm³/mol. The summed E-state index contributed by atoms with van der Waals surface area (Å²) in [7, 11) is 0. The number of allylic oxidation sites excluding steroid dienone is 2. The molecule has 1 aliphatic heterocycles. The highest BCUT2D eigenvalue weighted by Gasteiger charge is 2.60. The summed E-state index contributed by atoms with van der Waals surface area (Å²) in [6.07, 6.45) is 8.89. The van der Waals surface area contributed by atoms with Crippen LogP contribution in [0, 0.1) is 6.92 Å². The number of hydrogen-bond acceptors (Lipinski definition) is 3. The van der Waals surface area contributed by atoms with Gasteiger partial charge in [-0.1, -0.05) is 59.2 Å². The number of hydrogen-bond donors (Lipinski definition) is 1. The summed E-state index contributed by atoms with van der Waals surface area (Å²) >= 11 is 14.5. The predicted octanol–water partition coefficient (Wildman–Crippen LogP) is 5.01. The van der Waals surface area contributed by atoms with Crippen LogP contribution >= 0.6 is 35.0 Å². The third-order valence-corrected chi connectivity index (χ3v) is 5.83. The lowest BCUT2D eigenvalue weighted by molar-refractivity contribution is 0.328. The second kappa shape index (κ2) is 8.17. The van der Waals surface area contributed by atoms with Crippen molar-refractivity contribution in [3.63, 3.8) is 0 Å². The molecule has 1 fully saturated rings. The van der Waals surface area contributed by atoms with E-state index in [0.717, 1.165) is 34.6 Å². The lowest BCUT2D eigenvalue weighted by Gasteiger charge is -2.18. The van der Waals surface area contributed by atoms with E-state index < -0.39 is 5.60 Å². The summed E-state index contributed by atoms with van der Waals surface area (Å²) in [5.74, 6) is 0. The van der Waals surface area contributed by atoms with Crippen LogP contribution in [0.15, 0.2) is 50.9 Å². The van der Waals surface area contributed by atoms with E-state index in [-0.39, 0.29) is 6.10 Å². The molecule has 1 aliphatic carbocycles. The monoisotopic (exact) mass is 409 g/mol. The summed E-state index contributed by atoms with van der Waals surface area (Å²) < 4.78 is 6.22. The van der Waals surface area contributed by atoms with Crippen LogP contribution in [-0.2, 0) is 4.74 Å². The number of thioether (sulfide) groups is 1. The molecule has 1 aromatic rings.